The Balaban J connectivity index is 1.81. The molecule has 1 aromatic carbocycles. The lowest BCUT2D eigenvalue weighted by Crippen LogP contribution is -2.54. The van der Waals surface area contributed by atoms with Crippen LogP contribution in [0.4, 0.5) is 0 Å². The van der Waals surface area contributed by atoms with Crippen molar-refractivity contribution in [1.82, 2.24) is 9.80 Å². The van der Waals surface area contributed by atoms with Crippen LogP contribution < -0.4 is 0 Å². The molecule has 2 heterocycles. The van der Waals surface area contributed by atoms with Crippen molar-refractivity contribution in [2.45, 2.75) is 25.7 Å². The first-order valence-corrected chi connectivity index (χ1v) is 10.9. The van der Waals surface area contributed by atoms with Crippen molar-refractivity contribution >= 4 is 23.2 Å². The Kier molecular flexibility index (Phi) is 7.09. The number of amides is 2. The van der Waals surface area contributed by atoms with Crippen LogP contribution in [-0.2, 0) is 20.7 Å². The molecule has 1 aliphatic heterocycles. The zero-order valence-corrected chi connectivity index (χ0v) is 18.3. The van der Waals surface area contributed by atoms with Crippen molar-refractivity contribution < 1.29 is 14.3 Å². The Bertz CT molecular complexity index is 817. The van der Waals surface area contributed by atoms with Gasteiger partial charge in [0.1, 0.15) is 0 Å². The van der Waals surface area contributed by atoms with Gasteiger partial charge in [0.05, 0.1) is 18.4 Å². The first-order chi connectivity index (χ1) is 13.9. The number of hydrogen-bond acceptors (Lipinski definition) is 4. The van der Waals surface area contributed by atoms with Gasteiger partial charge >= 0.3 is 0 Å². The molecule has 3 rings (SSSR count). The summed E-state index contributed by atoms with van der Waals surface area (Å²) in [4.78, 5) is 30.6. The summed E-state index contributed by atoms with van der Waals surface area (Å²) < 4.78 is 5.06. The fourth-order valence-electron chi connectivity index (χ4n) is 4.18. The molecule has 0 bridgehead atoms. The Morgan fingerprint density at radius 2 is 1.97 bits per heavy atom. The first kappa shape index (κ1) is 21.5. The number of piperidine rings is 1. The molecule has 0 saturated carbocycles. The molecule has 156 valence electrons. The summed E-state index contributed by atoms with van der Waals surface area (Å²) in [5.41, 5.74) is 1.75. The van der Waals surface area contributed by atoms with Crippen molar-refractivity contribution in [1.29, 1.82) is 0 Å². The summed E-state index contributed by atoms with van der Waals surface area (Å²) in [5.74, 6) is 0.166. The van der Waals surface area contributed by atoms with Crippen LogP contribution in [0.15, 0.2) is 41.8 Å². The number of likely N-dealkylation sites (tertiary alicyclic amines) is 1. The van der Waals surface area contributed by atoms with Gasteiger partial charge in [-0.05, 0) is 41.8 Å². The van der Waals surface area contributed by atoms with Crippen LogP contribution in [0, 0.1) is 5.41 Å². The highest BCUT2D eigenvalue weighted by Crippen LogP contribution is 2.36. The molecule has 6 heteroatoms. The van der Waals surface area contributed by atoms with Crippen molar-refractivity contribution in [3.8, 4) is 10.4 Å². The van der Waals surface area contributed by atoms with Gasteiger partial charge in [0.15, 0.2) is 0 Å². The molecule has 1 saturated heterocycles. The molecule has 0 unspecified atom stereocenters. The van der Waals surface area contributed by atoms with Crippen LogP contribution in [0.25, 0.3) is 10.4 Å². The fraction of sp³-hybridized carbons (Fsp3) is 0.478. The van der Waals surface area contributed by atoms with E-state index in [0.717, 1.165) is 18.4 Å². The number of ether oxygens (including phenoxy) is 1. The molecule has 1 fully saturated rings. The SMILES string of the molecule is COCCC(=O)N1CCC[C@](Cc2ccc(-c3cccs3)cc2)(C(=O)N(C)C)C1. The summed E-state index contributed by atoms with van der Waals surface area (Å²) in [7, 11) is 5.20. The Morgan fingerprint density at radius 3 is 2.59 bits per heavy atom. The van der Waals surface area contributed by atoms with Crippen molar-refractivity contribution in [2.24, 2.45) is 5.41 Å². The summed E-state index contributed by atoms with van der Waals surface area (Å²) >= 11 is 1.72. The van der Waals surface area contributed by atoms with Crippen LogP contribution >= 0.6 is 11.3 Å². The highest BCUT2D eigenvalue weighted by Gasteiger charge is 2.44. The molecule has 29 heavy (non-hydrogen) atoms. The van der Waals surface area contributed by atoms with E-state index in [1.165, 1.54) is 10.4 Å². The van der Waals surface area contributed by atoms with Crippen LogP contribution in [0.5, 0.6) is 0 Å². The summed E-state index contributed by atoms with van der Waals surface area (Å²) in [5, 5.41) is 2.07. The number of nitrogens with zero attached hydrogens (tertiary/aromatic N) is 2. The highest BCUT2D eigenvalue weighted by molar-refractivity contribution is 7.13. The smallest absolute Gasteiger partial charge is 0.230 e. The van der Waals surface area contributed by atoms with E-state index >= 15 is 0 Å². The largest absolute Gasteiger partial charge is 0.384 e. The number of hydrogen-bond donors (Lipinski definition) is 0. The fourth-order valence-corrected chi connectivity index (χ4v) is 4.91. The normalized spacial score (nSPS) is 19.2. The molecular formula is C23H30N2O3S. The van der Waals surface area contributed by atoms with Crippen molar-refractivity contribution in [2.75, 3.05) is 40.9 Å². The topological polar surface area (TPSA) is 49.9 Å². The third-order valence-electron chi connectivity index (χ3n) is 5.61. The van der Waals surface area contributed by atoms with E-state index in [-0.39, 0.29) is 11.8 Å². The molecule has 1 atom stereocenters. The van der Waals surface area contributed by atoms with Crippen LogP contribution in [0.3, 0.4) is 0 Å². The van der Waals surface area contributed by atoms with E-state index in [1.54, 1.807) is 37.4 Å². The number of methoxy groups -OCH3 is 1. The van der Waals surface area contributed by atoms with Crippen LogP contribution in [0.1, 0.15) is 24.8 Å². The van der Waals surface area contributed by atoms with Gasteiger partial charge < -0.3 is 14.5 Å². The molecule has 2 aromatic rings. The van der Waals surface area contributed by atoms with E-state index in [9.17, 15) is 9.59 Å². The average Bonchev–Trinajstić information content (AvgIpc) is 3.27. The lowest BCUT2D eigenvalue weighted by molar-refractivity contribution is -0.147. The van der Waals surface area contributed by atoms with Gasteiger partial charge in [-0.15, -0.1) is 11.3 Å². The minimum Gasteiger partial charge on any atom is -0.384 e. The Hall–Kier alpha value is -2.18. The zero-order valence-electron chi connectivity index (χ0n) is 17.5. The second-order valence-electron chi connectivity index (χ2n) is 7.99. The minimum atomic E-state index is -0.574. The average molecular weight is 415 g/mol. The van der Waals surface area contributed by atoms with E-state index in [4.69, 9.17) is 4.74 Å². The molecule has 0 aliphatic carbocycles. The quantitative estimate of drug-likeness (QED) is 0.694. The number of carbonyl (C=O) groups is 2. The van der Waals surface area contributed by atoms with Gasteiger partial charge in [0, 0.05) is 39.2 Å². The summed E-state index contributed by atoms with van der Waals surface area (Å²) in [6.45, 7) is 1.59. The van der Waals surface area contributed by atoms with Gasteiger partial charge in [-0.1, -0.05) is 30.3 Å². The number of thiophene rings is 1. The van der Waals surface area contributed by atoms with E-state index in [2.05, 4.69) is 41.8 Å². The standard InChI is InChI=1S/C23H30N2O3S/c1-24(2)22(27)23(12-5-13-25(17-23)21(26)11-14-28-3)16-18-7-9-19(10-8-18)20-6-4-15-29-20/h4,6-10,15H,5,11-14,16-17H2,1-3H3/t23-/m1/s1. The van der Waals surface area contributed by atoms with Crippen LogP contribution in [-0.4, -0.2) is 62.5 Å². The zero-order chi connectivity index (χ0) is 20.9. The third kappa shape index (κ3) is 5.06. The van der Waals surface area contributed by atoms with Gasteiger partial charge in [-0.2, -0.15) is 0 Å². The monoisotopic (exact) mass is 414 g/mol. The lowest BCUT2D eigenvalue weighted by atomic mass is 9.73. The second kappa shape index (κ2) is 9.55. The maximum absolute atomic E-state index is 13.2. The second-order valence-corrected chi connectivity index (χ2v) is 8.94. The molecular weight excluding hydrogens is 384 g/mol. The molecule has 0 radical (unpaired) electrons. The maximum Gasteiger partial charge on any atom is 0.230 e. The predicted octanol–water partition coefficient (Wildman–Crippen LogP) is 3.69. The Labute approximate surface area is 177 Å². The lowest BCUT2D eigenvalue weighted by Gasteiger charge is -2.43. The summed E-state index contributed by atoms with van der Waals surface area (Å²) in [6.07, 6.45) is 2.64. The van der Waals surface area contributed by atoms with E-state index < -0.39 is 5.41 Å². The predicted molar refractivity (Wildman–Crippen MR) is 117 cm³/mol. The highest BCUT2D eigenvalue weighted by atomic mass is 32.1. The molecule has 5 nitrogen and oxygen atoms in total. The third-order valence-corrected chi connectivity index (χ3v) is 6.53. The van der Waals surface area contributed by atoms with Crippen molar-refractivity contribution in [3.63, 3.8) is 0 Å². The molecule has 2 amide bonds. The minimum absolute atomic E-state index is 0.0653. The van der Waals surface area contributed by atoms with Gasteiger partial charge in [0.2, 0.25) is 11.8 Å². The number of carbonyl (C=O) groups excluding carboxylic acids is 2. The van der Waals surface area contributed by atoms with Gasteiger partial charge in [0.25, 0.3) is 0 Å². The maximum atomic E-state index is 13.2. The number of rotatable bonds is 7. The van der Waals surface area contributed by atoms with E-state index in [0.29, 0.717) is 32.5 Å². The first-order valence-electron chi connectivity index (χ1n) is 10.1. The summed E-state index contributed by atoms with van der Waals surface area (Å²) in [6, 6.07) is 12.6. The number of benzene rings is 1. The van der Waals surface area contributed by atoms with Crippen molar-refractivity contribution in [3.05, 3.63) is 47.3 Å². The van der Waals surface area contributed by atoms with Gasteiger partial charge in [-0.3, -0.25) is 9.59 Å². The van der Waals surface area contributed by atoms with E-state index in [1.807, 2.05) is 4.90 Å². The Morgan fingerprint density at radius 1 is 1.21 bits per heavy atom. The molecule has 0 N–H and O–H groups in total. The molecule has 1 aromatic heterocycles. The molecule has 0 spiro atoms. The van der Waals surface area contributed by atoms with Crippen LogP contribution in [0.2, 0.25) is 0 Å². The molecule has 1 aliphatic rings. The van der Waals surface area contributed by atoms with Gasteiger partial charge in [-0.25, -0.2) is 0 Å².